The lowest BCUT2D eigenvalue weighted by Crippen LogP contribution is -2.20. The van der Waals surface area contributed by atoms with Crippen LogP contribution in [0.2, 0.25) is 0 Å². The molecule has 0 saturated carbocycles. The molecule has 3 atom stereocenters. The molecule has 3 unspecified atom stereocenters. The van der Waals surface area contributed by atoms with Crippen molar-refractivity contribution in [3.63, 3.8) is 0 Å². The average Bonchev–Trinajstić information content (AvgIpc) is 2.85. The number of ether oxygens (including phenoxy) is 2. The highest BCUT2D eigenvalue weighted by Gasteiger charge is 2.38. The number of aromatic hydroxyl groups is 1. The van der Waals surface area contributed by atoms with Crippen LogP contribution in [0, 0.1) is 5.92 Å². The molecule has 0 radical (unpaired) electrons. The standard InChI is InChI=1S/C22H28O4/c1-15-7-6-9-17-14-22(2,3)26-20(17)10-5-4-8-16-13-18(23)11-12-19(16)21(24)25-15/h4,6,8-9,11-13,15,17,20,23H,5,7,10,14H2,1-3H3/b8-4+,9-6+. The van der Waals surface area contributed by atoms with Crippen molar-refractivity contribution in [1.29, 1.82) is 0 Å². The molecule has 0 amide bonds. The van der Waals surface area contributed by atoms with Gasteiger partial charge in [-0.15, -0.1) is 0 Å². The highest BCUT2D eigenvalue weighted by Crippen LogP contribution is 2.37. The Morgan fingerprint density at radius 1 is 1.23 bits per heavy atom. The molecule has 1 aromatic carbocycles. The van der Waals surface area contributed by atoms with Crippen molar-refractivity contribution in [2.45, 2.75) is 64.3 Å². The number of hydrogen-bond acceptors (Lipinski definition) is 4. The second kappa shape index (κ2) is 7.67. The minimum atomic E-state index is -0.356. The van der Waals surface area contributed by atoms with Crippen molar-refractivity contribution < 1.29 is 19.4 Å². The molecule has 1 saturated heterocycles. The van der Waals surface area contributed by atoms with Crippen molar-refractivity contribution in [2.75, 3.05) is 0 Å². The molecule has 4 nitrogen and oxygen atoms in total. The van der Waals surface area contributed by atoms with Crippen LogP contribution in [0.25, 0.3) is 6.08 Å². The third-order valence-corrected chi connectivity index (χ3v) is 5.01. The summed E-state index contributed by atoms with van der Waals surface area (Å²) in [6, 6.07) is 4.73. The van der Waals surface area contributed by atoms with Gasteiger partial charge in [0.15, 0.2) is 0 Å². The molecule has 0 aliphatic carbocycles. The van der Waals surface area contributed by atoms with Gasteiger partial charge in [-0.05, 0) is 63.8 Å². The Hall–Kier alpha value is -2.07. The van der Waals surface area contributed by atoms with E-state index in [9.17, 15) is 9.90 Å². The van der Waals surface area contributed by atoms with Gasteiger partial charge in [-0.25, -0.2) is 4.79 Å². The smallest absolute Gasteiger partial charge is 0.339 e. The van der Waals surface area contributed by atoms with Crippen LogP contribution in [-0.4, -0.2) is 28.9 Å². The predicted molar refractivity (Wildman–Crippen MR) is 102 cm³/mol. The summed E-state index contributed by atoms with van der Waals surface area (Å²) in [6.45, 7) is 6.18. The minimum Gasteiger partial charge on any atom is -0.508 e. The third kappa shape index (κ3) is 4.55. The summed E-state index contributed by atoms with van der Waals surface area (Å²) in [5, 5.41) is 9.76. The normalized spacial score (nSPS) is 31.2. The van der Waals surface area contributed by atoms with Crippen molar-refractivity contribution in [3.8, 4) is 5.75 Å². The van der Waals surface area contributed by atoms with Gasteiger partial charge >= 0.3 is 5.97 Å². The third-order valence-electron chi connectivity index (χ3n) is 5.01. The van der Waals surface area contributed by atoms with E-state index in [1.807, 2.05) is 19.1 Å². The molecule has 1 fully saturated rings. The van der Waals surface area contributed by atoms with Crippen LogP contribution in [0.4, 0.5) is 0 Å². The lowest BCUT2D eigenvalue weighted by molar-refractivity contribution is -0.0213. The molecular formula is C22H28O4. The van der Waals surface area contributed by atoms with Gasteiger partial charge in [-0.1, -0.05) is 24.3 Å². The van der Waals surface area contributed by atoms with Crippen molar-refractivity contribution in [3.05, 3.63) is 47.6 Å². The summed E-state index contributed by atoms with van der Waals surface area (Å²) in [5.41, 5.74) is 1.05. The first-order valence-electron chi connectivity index (χ1n) is 9.39. The van der Waals surface area contributed by atoms with E-state index in [4.69, 9.17) is 9.47 Å². The largest absolute Gasteiger partial charge is 0.508 e. The lowest BCUT2D eigenvalue weighted by Gasteiger charge is -2.19. The number of cyclic esters (lactones) is 1. The molecule has 2 aliphatic heterocycles. The predicted octanol–water partition coefficient (Wildman–Crippen LogP) is 4.87. The van der Waals surface area contributed by atoms with E-state index in [2.05, 4.69) is 26.0 Å². The Kier molecular flexibility index (Phi) is 5.52. The molecule has 1 aromatic rings. The Bertz CT molecular complexity index is 717. The number of rotatable bonds is 0. The summed E-state index contributed by atoms with van der Waals surface area (Å²) in [7, 11) is 0. The highest BCUT2D eigenvalue weighted by atomic mass is 16.5. The lowest BCUT2D eigenvalue weighted by atomic mass is 9.91. The maximum Gasteiger partial charge on any atom is 0.339 e. The number of phenolic OH excluding ortho intramolecular Hbond substituents is 1. The van der Waals surface area contributed by atoms with Crippen LogP contribution in [0.3, 0.4) is 0 Å². The Morgan fingerprint density at radius 3 is 2.85 bits per heavy atom. The fourth-order valence-corrected chi connectivity index (χ4v) is 3.79. The molecular weight excluding hydrogens is 328 g/mol. The Morgan fingerprint density at radius 2 is 2.04 bits per heavy atom. The Labute approximate surface area is 155 Å². The molecule has 140 valence electrons. The van der Waals surface area contributed by atoms with Gasteiger partial charge in [0.25, 0.3) is 0 Å². The van der Waals surface area contributed by atoms with Crippen LogP contribution in [0.5, 0.6) is 5.75 Å². The number of fused-ring (bicyclic) bond motifs is 2. The molecule has 0 bridgehead atoms. The quantitative estimate of drug-likeness (QED) is 0.532. The Balaban J connectivity index is 1.86. The maximum atomic E-state index is 12.5. The summed E-state index contributed by atoms with van der Waals surface area (Å²) in [4.78, 5) is 12.5. The average molecular weight is 356 g/mol. The van der Waals surface area contributed by atoms with E-state index >= 15 is 0 Å². The number of hydrogen-bond donors (Lipinski definition) is 1. The van der Waals surface area contributed by atoms with Crippen LogP contribution >= 0.6 is 0 Å². The second-order valence-corrected chi connectivity index (χ2v) is 7.92. The van der Waals surface area contributed by atoms with Gasteiger partial charge < -0.3 is 14.6 Å². The van der Waals surface area contributed by atoms with Crippen LogP contribution < -0.4 is 0 Å². The topological polar surface area (TPSA) is 55.8 Å². The molecule has 4 heteroatoms. The first-order chi connectivity index (χ1) is 12.3. The maximum absolute atomic E-state index is 12.5. The number of allylic oxidation sites excluding steroid dienone is 1. The SMILES string of the molecule is CC1C/C=C/C2CC(C)(C)OC2CC/C=C/c2cc(O)ccc2C(=O)O1. The summed E-state index contributed by atoms with van der Waals surface area (Å²) >= 11 is 0. The number of benzene rings is 1. The molecule has 26 heavy (non-hydrogen) atoms. The van der Waals surface area contributed by atoms with Crippen molar-refractivity contribution >= 4 is 12.0 Å². The molecule has 2 heterocycles. The first kappa shape index (κ1) is 18.7. The molecule has 1 N–H and O–H groups in total. The van der Waals surface area contributed by atoms with E-state index in [-0.39, 0.29) is 29.5 Å². The fraction of sp³-hybridized carbons (Fsp3) is 0.500. The number of carbonyl (C=O) groups is 1. The molecule has 2 aliphatic rings. The van der Waals surface area contributed by atoms with E-state index in [0.29, 0.717) is 23.5 Å². The number of carbonyl (C=O) groups excluding carboxylic acids is 1. The summed E-state index contributed by atoms with van der Waals surface area (Å²) in [6.07, 6.45) is 11.7. The van der Waals surface area contributed by atoms with Crippen molar-refractivity contribution in [1.82, 2.24) is 0 Å². The minimum absolute atomic E-state index is 0.103. The van der Waals surface area contributed by atoms with Gasteiger partial charge in [-0.2, -0.15) is 0 Å². The second-order valence-electron chi connectivity index (χ2n) is 7.92. The summed E-state index contributed by atoms with van der Waals surface area (Å²) < 4.78 is 11.8. The zero-order valence-corrected chi connectivity index (χ0v) is 15.8. The molecule has 3 rings (SSSR count). The van der Waals surface area contributed by atoms with Gasteiger partial charge in [0.2, 0.25) is 0 Å². The van der Waals surface area contributed by atoms with Gasteiger partial charge in [-0.3, -0.25) is 0 Å². The fourth-order valence-electron chi connectivity index (χ4n) is 3.79. The number of esters is 1. The highest BCUT2D eigenvalue weighted by molar-refractivity contribution is 5.94. The van der Waals surface area contributed by atoms with Crippen LogP contribution in [0.15, 0.2) is 36.4 Å². The van der Waals surface area contributed by atoms with E-state index in [1.165, 1.54) is 6.07 Å². The first-order valence-corrected chi connectivity index (χ1v) is 9.39. The van der Waals surface area contributed by atoms with E-state index in [0.717, 1.165) is 19.3 Å². The van der Waals surface area contributed by atoms with E-state index in [1.54, 1.807) is 12.1 Å². The number of phenols is 1. The zero-order chi connectivity index (χ0) is 18.7. The monoisotopic (exact) mass is 356 g/mol. The molecule has 0 spiro atoms. The van der Waals surface area contributed by atoms with Crippen molar-refractivity contribution in [2.24, 2.45) is 5.92 Å². The van der Waals surface area contributed by atoms with Crippen LogP contribution in [-0.2, 0) is 9.47 Å². The van der Waals surface area contributed by atoms with E-state index < -0.39 is 0 Å². The summed E-state index contributed by atoms with van der Waals surface area (Å²) in [5.74, 6) is 0.172. The van der Waals surface area contributed by atoms with Crippen LogP contribution in [0.1, 0.15) is 62.4 Å². The molecule has 0 aromatic heterocycles. The zero-order valence-electron chi connectivity index (χ0n) is 15.8. The van der Waals surface area contributed by atoms with Gasteiger partial charge in [0, 0.05) is 12.3 Å². The van der Waals surface area contributed by atoms with Gasteiger partial charge in [0.05, 0.1) is 17.3 Å². The van der Waals surface area contributed by atoms with Gasteiger partial charge in [0.1, 0.15) is 11.9 Å².